The van der Waals surface area contributed by atoms with Gasteiger partial charge in [-0.05, 0) is 18.9 Å². The number of Topliss-reactive ketones (excluding diaryl/α,β-unsaturated/α-hetero) is 1. The number of ketones is 1. The summed E-state index contributed by atoms with van der Waals surface area (Å²) in [5, 5.41) is 0. The third kappa shape index (κ3) is 2.93. The molecule has 1 saturated heterocycles. The fourth-order valence-corrected chi connectivity index (χ4v) is 1.84. The summed E-state index contributed by atoms with van der Waals surface area (Å²) in [7, 11) is 0. The number of esters is 2. The zero-order valence-corrected chi connectivity index (χ0v) is 10.1. The van der Waals surface area contributed by atoms with Crippen LogP contribution in [0.25, 0.3) is 0 Å². The predicted octanol–water partition coefficient (Wildman–Crippen LogP) is 1.02. The average Bonchev–Trinajstić information content (AvgIpc) is 2.58. The summed E-state index contributed by atoms with van der Waals surface area (Å²) in [6, 6.07) is 0. The van der Waals surface area contributed by atoms with Crippen LogP contribution in [-0.2, 0) is 23.9 Å². The topological polar surface area (TPSA) is 69.7 Å². The van der Waals surface area contributed by atoms with Gasteiger partial charge in [-0.15, -0.1) is 0 Å². The Morgan fingerprint density at radius 2 is 2.12 bits per heavy atom. The molecule has 17 heavy (non-hydrogen) atoms. The molecule has 0 radical (unpaired) electrons. The van der Waals surface area contributed by atoms with E-state index in [0.717, 1.165) is 0 Å². The molecule has 0 bridgehead atoms. The van der Waals surface area contributed by atoms with Crippen LogP contribution < -0.4 is 0 Å². The second-order valence-electron chi connectivity index (χ2n) is 4.23. The zero-order chi connectivity index (χ0) is 13.1. The molecule has 0 spiro atoms. The number of hydrogen-bond donors (Lipinski definition) is 0. The molecule has 5 heteroatoms. The summed E-state index contributed by atoms with van der Waals surface area (Å²) >= 11 is 0. The van der Waals surface area contributed by atoms with E-state index in [1.165, 1.54) is 13.8 Å². The molecule has 1 heterocycles. The molecule has 94 valence electrons. The minimum Gasteiger partial charge on any atom is -0.465 e. The first-order chi connectivity index (χ1) is 7.88. The van der Waals surface area contributed by atoms with Gasteiger partial charge in [0.25, 0.3) is 0 Å². The van der Waals surface area contributed by atoms with Gasteiger partial charge in [0.15, 0.2) is 0 Å². The summed E-state index contributed by atoms with van der Waals surface area (Å²) < 4.78 is 9.62. The van der Waals surface area contributed by atoms with Crippen LogP contribution in [-0.4, -0.2) is 30.9 Å². The maximum absolute atomic E-state index is 11.6. The lowest BCUT2D eigenvalue weighted by Gasteiger charge is -2.22. The molecule has 1 fully saturated rings. The summed E-state index contributed by atoms with van der Waals surface area (Å²) in [4.78, 5) is 33.9. The SMILES string of the molecule is C=C(COC(C)=O)CC1(C(C)=O)CCOC1=O. The first-order valence-corrected chi connectivity index (χ1v) is 5.37. The molecule has 1 aliphatic rings. The third-order valence-corrected chi connectivity index (χ3v) is 2.86. The van der Waals surface area contributed by atoms with Crippen molar-refractivity contribution < 1.29 is 23.9 Å². The molecule has 1 atom stereocenters. The van der Waals surface area contributed by atoms with Gasteiger partial charge in [-0.25, -0.2) is 0 Å². The van der Waals surface area contributed by atoms with Crippen LogP contribution in [0.1, 0.15) is 26.7 Å². The van der Waals surface area contributed by atoms with Crippen LogP contribution in [0.5, 0.6) is 0 Å². The van der Waals surface area contributed by atoms with E-state index in [1.54, 1.807) is 0 Å². The standard InChI is InChI=1S/C12H16O5/c1-8(7-17-10(3)14)6-12(9(2)13)4-5-16-11(12)15/h1,4-7H2,2-3H3. The molecule has 0 aliphatic carbocycles. The quantitative estimate of drug-likeness (QED) is 0.407. The molecule has 0 aromatic carbocycles. The highest BCUT2D eigenvalue weighted by Crippen LogP contribution is 2.37. The second kappa shape index (κ2) is 5.12. The Kier molecular flexibility index (Phi) is 4.04. The van der Waals surface area contributed by atoms with Crippen LogP contribution in [0.15, 0.2) is 12.2 Å². The van der Waals surface area contributed by atoms with E-state index in [2.05, 4.69) is 6.58 Å². The first-order valence-electron chi connectivity index (χ1n) is 5.37. The van der Waals surface area contributed by atoms with Crippen LogP contribution in [0.3, 0.4) is 0 Å². The second-order valence-corrected chi connectivity index (χ2v) is 4.23. The molecule has 1 rings (SSSR count). The summed E-state index contributed by atoms with van der Waals surface area (Å²) in [5.41, 5.74) is -0.591. The van der Waals surface area contributed by atoms with Crippen molar-refractivity contribution in [1.82, 2.24) is 0 Å². The molecule has 1 aliphatic heterocycles. The van der Waals surface area contributed by atoms with Gasteiger partial charge in [-0.2, -0.15) is 0 Å². The Balaban J connectivity index is 2.68. The molecule has 0 saturated carbocycles. The van der Waals surface area contributed by atoms with Crippen LogP contribution in [0, 0.1) is 5.41 Å². The monoisotopic (exact) mass is 240 g/mol. The maximum Gasteiger partial charge on any atom is 0.320 e. The highest BCUT2D eigenvalue weighted by atomic mass is 16.5. The van der Waals surface area contributed by atoms with Crippen molar-refractivity contribution >= 4 is 17.7 Å². The van der Waals surface area contributed by atoms with Gasteiger partial charge in [0.05, 0.1) is 6.61 Å². The van der Waals surface area contributed by atoms with Crippen molar-refractivity contribution in [2.45, 2.75) is 26.7 Å². The number of cyclic esters (lactones) is 1. The van der Waals surface area contributed by atoms with E-state index in [1.807, 2.05) is 0 Å². The van der Waals surface area contributed by atoms with E-state index in [4.69, 9.17) is 9.47 Å². The first kappa shape index (κ1) is 13.4. The normalized spacial score (nSPS) is 23.1. The molecule has 1 unspecified atom stereocenters. The highest BCUT2D eigenvalue weighted by molar-refractivity contribution is 6.04. The van der Waals surface area contributed by atoms with Crippen molar-refractivity contribution in [3.8, 4) is 0 Å². The summed E-state index contributed by atoms with van der Waals surface area (Å²) in [5.74, 6) is -1.16. The van der Waals surface area contributed by atoms with Gasteiger partial charge in [0, 0.05) is 13.3 Å². The maximum atomic E-state index is 11.6. The largest absolute Gasteiger partial charge is 0.465 e. The number of ether oxygens (including phenoxy) is 2. The molecular formula is C12H16O5. The van der Waals surface area contributed by atoms with E-state index in [-0.39, 0.29) is 25.4 Å². The van der Waals surface area contributed by atoms with Gasteiger partial charge in [-0.1, -0.05) is 6.58 Å². The molecule has 0 amide bonds. The number of carbonyl (C=O) groups is 3. The summed E-state index contributed by atoms with van der Waals surface area (Å²) in [6.45, 7) is 6.65. The molecular weight excluding hydrogens is 224 g/mol. The average molecular weight is 240 g/mol. The number of hydrogen-bond acceptors (Lipinski definition) is 5. The van der Waals surface area contributed by atoms with Gasteiger partial charge >= 0.3 is 11.9 Å². The van der Waals surface area contributed by atoms with Crippen LogP contribution in [0.2, 0.25) is 0 Å². The Morgan fingerprint density at radius 1 is 1.47 bits per heavy atom. The number of rotatable bonds is 5. The predicted molar refractivity (Wildman–Crippen MR) is 59.1 cm³/mol. The van der Waals surface area contributed by atoms with Gasteiger partial charge in [-0.3, -0.25) is 14.4 Å². The minimum absolute atomic E-state index is 0.0254. The lowest BCUT2D eigenvalue weighted by molar-refractivity contribution is -0.150. The van der Waals surface area contributed by atoms with E-state index in [9.17, 15) is 14.4 Å². The Morgan fingerprint density at radius 3 is 2.53 bits per heavy atom. The van der Waals surface area contributed by atoms with Crippen molar-refractivity contribution in [1.29, 1.82) is 0 Å². The Bertz CT molecular complexity index is 371. The fourth-order valence-electron chi connectivity index (χ4n) is 1.84. The van der Waals surface area contributed by atoms with Crippen LogP contribution >= 0.6 is 0 Å². The van der Waals surface area contributed by atoms with E-state index < -0.39 is 17.4 Å². The van der Waals surface area contributed by atoms with Crippen molar-refractivity contribution in [3.63, 3.8) is 0 Å². The molecule has 0 N–H and O–H groups in total. The van der Waals surface area contributed by atoms with E-state index >= 15 is 0 Å². The lowest BCUT2D eigenvalue weighted by Crippen LogP contribution is -2.35. The Labute approximate surface area is 99.8 Å². The zero-order valence-electron chi connectivity index (χ0n) is 10.1. The van der Waals surface area contributed by atoms with Gasteiger partial charge in [0.2, 0.25) is 0 Å². The molecule has 0 aromatic heterocycles. The third-order valence-electron chi connectivity index (χ3n) is 2.86. The fraction of sp³-hybridized carbons (Fsp3) is 0.583. The van der Waals surface area contributed by atoms with Gasteiger partial charge < -0.3 is 9.47 Å². The number of carbonyl (C=O) groups excluding carboxylic acids is 3. The minimum atomic E-state index is -1.13. The molecule has 5 nitrogen and oxygen atoms in total. The lowest BCUT2D eigenvalue weighted by atomic mass is 9.77. The summed E-state index contributed by atoms with van der Waals surface area (Å²) in [6.07, 6.45) is 0.536. The van der Waals surface area contributed by atoms with Gasteiger partial charge in [0.1, 0.15) is 17.8 Å². The van der Waals surface area contributed by atoms with Crippen molar-refractivity contribution in [3.05, 3.63) is 12.2 Å². The smallest absolute Gasteiger partial charge is 0.320 e. The van der Waals surface area contributed by atoms with Crippen molar-refractivity contribution in [2.75, 3.05) is 13.2 Å². The molecule has 0 aromatic rings. The Hall–Kier alpha value is -1.65. The van der Waals surface area contributed by atoms with E-state index in [0.29, 0.717) is 12.0 Å². The van der Waals surface area contributed by atoms with Crippen molar-refractivity contribution in [2.24, 2.45) is 5.41 Å². The highest BCUT2D eigenvalue weighted by Gasteiger charge is 2.48. The van der Waals surface area contributed by atoms with Crippen LogP contribution in [0.4, 0.5) is 0 Å².